The van der Waals surface area contributed by atoms with E-state index in [1.54, 1.807) is 0 Å². The van der Waals surface area contributed by atoms with E-state index in [-0.39, 0.29) is 5.92 Å². The molecular weight excluding hydrogens is 226 g/mol. The van der Waals surface area contributed by atoms with Crippen LogP contribution in [-0.4, -0.2) is 36.1 Å². The molecule has 0 heterocycles. The number of amides is 1. The number of unbranched alkanes of at least 4 members (excludes halogenated alkanes) is 2. The van der Waals surface area contributed by atoms with Crippen molar-refractivity contribution in [3.05, 3.63) is 0 Å². The molecule has 1 aliphatic rings. The molecule has 0 aromatic carbocycles. The van der Waals surface area contributed by atoms with Gasteiger partial charge >= 0.3 is 0 Å². The van der Waals surface area contributed by atoms with Gasteiger partial charge in [0.25, 0.3) is 0 Å². The van der Waals surface area contributed by atoms with Gasteiger partial charge in [0.15, 0.2) is 0 Å². The number of hydrogen-bond acceptors (Lipinski definition) is 2. The average molecular weight is 255 g/mol. The fraction of sp³-hybridized carbons (Fsp3) is 0.933. The number of hydrogen-bond donors (Lipinski definition) is 1. The zero-order valence-electron chi connectivity index (χ0n) is 12.0. The van der Waals surface area contributed by atoms with Crippen LogP contribution in [-0.2, 0) is 4.79 Å². The normalized spacial score (nSPS) is 23.9. The maximum atomic E-state index is 12.2. The van der Waals surface area contributed by atoms with Crippen molar-refractivity contribution in [2.75, 3.05) is 20.2 Å². The molecular formula is C15H29NO2. The van der Waals surface area contributed by atoms with Gasteiger partial charge in [0, 0.05) is 26.1 Å². The lowest BCUT2D eigenvalue weighted by atomic mass is 9.80. The van der Waals surface area contributed by atoms with Crippen LogP contribution in [0, 0.1) is 11.8 Å². The highest BCUT2D eigenvalue weighted by atomic mass is 16.3. The first kappa shape index (κ1) is 15.5. The third-order valence-electron chi connectivity index (χ3n) is 4.21. The molecule has 106 valence electrons. The highest BCUT2D eigenvalue weighted by molar-refractivity contribution is 5.78. The van der Waals surface area contributed by atoms with Crippen molar-refractivity contribution in [1.29, 1.82) is 0 Å². The average Bonchev–Trinajstić information content (AvgIpc) is 2.39. The summed E-state index contributed by atoms with van der Waals surface area (Å²) in [6.07, 6.45) is 8.70. The second-order valence-corrected chi connectivity index (χ2v) is 5.70. The molecule has 1 fully saturated rings. The molecule has 1 N–H and O–H groups in total. The van der Waals surface area contributed by atoms with Gasteiger partial charge < -0.3 is 10.0 Å². The first-order valence-electron chi connectivity index (χ1n) is 7.54. The number of aliphatic hydroxyl groups excluding tert-OH is 1. The van der Waals surface area contributed by atoms with Gasteiger partial charge in [0.1, 0.15) is 0 Å². The topological polar surface area (TPSA) is 40.5 Å². The Hall–Kier alpha value is -0.570. The smallest absolute Gasteiger partial charge is 0.225 e. The molecule has 1 aliphatic carbocycles. The van der Waals surface area contributed by atoms with Crippen molar-refractivity contribution < 1.29 is 9.90 Å². The number of nitrogens with zero attached hydrogens (tertiary/aromatic N) is 1. The van der Waals surface area contributed by atoms with Crippen LogP contribution in [0.1, 0.15) is 58.3 Å². The first-order valence-corrected chi connectivity index (χ1v) is 7.54. The summed E-state index contributed by atoms with van der Waals surface area (Å²) in [6.45, 7) is 3.38. The number of carbonyl (C=O) groups is 1. The molecule has 0 saturated heterocycles. The van der Waals surface area contributed by atoms with Gasteiger partial charge in [0.2, 0.25) is 5.91 Å². The third-order valence-corrected chi connectivity index (χ3v) is 4.21. The number of aliphatic hydroxyl groups is 1. The fourth-order valence-electron chi connectivity index (χ4n) is 2.90. The van der Waals surface area contributed by atoms with E-state index in [1.807, 2.05) is 11.9 Å². The summed E-state index contributed by atoms with van der Waals surface area (Å²) in [7, 11) is 1.94. The summed E-state index contributed by atoms with van der Waals surface area (Å²) in [6, 6.07) is 0. The van der Waals surface area contributed by atoms with Crippen molar-refractivity contribution in [2.24, 2.45) is 11.8 Å². The van der Waals surface area contributed by atoms with Gasteiger partial charge in [-0.1, -0.05) is 19.8 Å². The Morgan fingerprint density at radius 1 is 1.22 bits per heavy atom. The fourth-order valence-corrected chi connectivity index (χ4v) is 2.90. The van der Waals surface area contributed by atoms with Crippen molar-refractivity contribution in [3.8, 4) is 0 Å². The molecule has 0 spiro atoms. The molecule has 1 rings (SSSR count). The summed E-state index contributed by atoms with van der Waals surface area (Å²) in [4.78, 5) is 14.2. The lowest BCUT2D eigenvalue weighted by molar-refractivity contribution is -0.135. The monoisotopic (exact) mass is 255 g/mol. The van der Waals surface area contributed by atoms with E-state index in [1.165, 1.54) is 12.8 Å². The Balaban J connectivity index is 2.26. The van der Waals surface area contributed by atoms with Crippen LogP contribution < -0.4 is 0 Å². The van der Waals surface area contributed by atoms with Gasteiger partial charge in [-0.2, -0.15) is 0 Å². The van der Waals surface area contributed by atoms with E-state index < -0.39 is 0 Å². The Bertz CT molecular complexity index is 235. The van der Waals surface area contributed by atoms with Crippen molar-refractivity contribution >= 4 is 5.91 Å². The predicted octanol–water partition coefficient (Wildman–Crippen LogP) is 2.82. The Morgan fingerprint density at radius 3 is 2.44 bits per heavy atom. The molecule has 0 aliphatic heterocycles. The van der Waals surface area contributed by atoms with Gasteiger partial charge in [0.05, 0.1) is 0 Å². The zero-order valence-corrected chi connectivity index (χ0v) is 12.0. The number of rotatable bonds is 7. The SMILES string of the molecule is CCCCCN(C)C(=O)C1CCC(CCO)CC1. The molecule has 0 unspecified atom stereocenters. The van der Waals surface area contributed by atoms with Crippen LogP contribution in [0.5, 0.6) is 0 Å². The molecule has 0 aromatic rings. The lowest BCUT2D eigenvalue weighted by Gasteiger charge is -2.30. The molecule has 0 bridgehead atoms. The van der Waals surface area contributed by atoms with Crippen molar-refractivity contribution in [1.82, 2.24) is 4.90 Å². The van der Waals surface area contributed by atoms with Crippen LogP contribution in [0.25, 0.3) is 0 Å². The zero-order chi connectivity index (χ0) is 13.4. The van der Waals surface area contributed by atoms with E-state index in [9.17, 15) is 4.79 Å². The maximum absolute atomic E-state index is 12.2. The van der Waals surface area contributed by atoms with E-state index in [2.05, 4.69) is 6.92 Å². The first-order chi connectivity index (χ1) is 8.69. The van der Waals surface area contributed by atoms with Crippen LogP contribution in [0.4, 0.5) is 0 Å². The Morgan fingerprint density at radius 2 is 1.89 bits per heavy atom. The summed E-state index contributed by atoms with van der Waals surface area (Å²) in [5.74, 6) is 1.23. The standard InChI is InChI=1S/C15H29NO2/c1-3-4-5-11-16(2)15(18)14-8-6-13(7-9-14)10-12-17/h13-14,17H,3-12H2,1-2H3. The minimum atomic E-state index is 0.242. The van der Waals surface area contributed by atoms with E-state index in [4.69, 9.17) is 5.11 Å². The second-order valence-electron chi connectivity index (χ2n) is 5.70. The van der Waals surface area contributed by atoms with Gasteiger partial charge in [-0.15, -0.1) is 0 Å². The number of carbonyl (C=O) groups excluding carboxylic acids is 1. The Labute approximate surface area is 112 Å². The highest BCUT2D eigenvalue weighted by Crippen LogP contribution is 2.31. The maximum Gasteiger partial charge on any atom is 0.225 e. The summed E-state index contributed by atoms with van der Waals surface area (Å²) in [5.41, 5.74) is 0. The van der Waals surface area contributed by atoms with Crippen LogP contribution >= 0.6 is 0 Å². The van der Waals surface area contributed by atoms with E-state index in [0.717, 1.165) is 45.1 Å². The molecule has 1 saturated carbocycles. The van der Waals surface area contributed by atoms with Crippen LogP contribution in [0.3, 0.4) is 0 Å². The highest BCUT2D eigenvalue weighted by Gasteiger charge is 2.27. The molecule has 3 nitrogen and oxygen atoms in total. The van der Waals surface area contributed by atoms with Crippen molar-refractivity contribution in [2.45, 2.75) is 58.3 Å². The molecule has 0 atom stereocenters. The Kier molecular flexibility index (Phi) is 7.33. The predicted molar refractivity (Wildman–Crippen MR) is 74.3 cm³/mol. The quantitative estimate of drug-likeness (QED) is 0.711. The second kappa shape index (κ2) is 8.52. The largest absolute Gasteiger partial charge is 0.396 e. The summed E-state index contributed by atoms with van der Waals surface area (Å²) < 4.78 is 0. The van der Waals surface area contributed by atoms with E-state index >= 15 is 0 Å². The van der Waals surface area contributed by atoms with Crippen LogP contribution in [0.15, 0.2) is 0 Å². The minimum Gasteiger partial charge on any atom is -0.396 e. The van der Waals surface area contributed by atoms with Crippen LogP contribution in [0.2, 0.25) is 0 Å². The van der Waals surface area contributed by atoms with Gasteiger partial charge in [-0.25, -0.2) is 0 Å². The molecule has 3 heteroatoms. The molecule has 1 amide bonds. The summed E-state index contributed by atoms with van der Waals surface area (Å²) >= 11 is 0. The minimum absolute atomic E-state index is 0.242. The molecule has 18 heavy (non-hydrogen) atoms. The molecule has 0 aromatic heterocycles. The van der Waals surface area contributed by atoms with Gasteiger partial charge in [-0.3, -0.25) is 4.79 Å². The summed E-state index contributed by atoms with van der Waals surface area (Å²) in [5, 5.41) is 8.93. The van der Waals surface area contributed by atoms with Gasteiger partial charge in [-0.05, 0) is 44.4 Å². The van der Waals surface area contributed by atoms with E-state index in [0.29, 0.717) is 18.4 Å². The molecule has 0 radical (unpaired) electrons. The van der Waals surface area contributed by atoms with Crippen molar-refractivity contribution in [3.63, 3.8) is 0 Å². The lowest BCUT2D eigenvalue weighted by Crippen LogP contribution is -2.35. The third kappa shape index (κ3) is 4.97.